The monoisotopic (exact) mass is 690 g/mol. The summed E-state index contributed by atoms with van der Waals surface area (Å²) in [7, 11) is 0. The molecule has 0 radical (unpaired) electrons. The molecule has 0 unspecified atom stereocenters. The van der Waals surface area contributed by atoms with Crippen LogP contribution < -0.4 is 30.9 Å². The summed E-state index contributed by atoms with van der Waals surface area (Å²) in [5.41, 5.74) is 9.38. The summed E-state index contributed by atoms with van der Waals surface area (Å²) in [5.74, 6) is 3.14. The number of para-hydroxylation sites is 3. The Morgan fingerprint density at radius 2 is 1.13 bits per heavy atom. The van der Waals surface area contributed by atoms with Gasteiger partial charge in [0.1, 0.15) is 17.4 Å². The highest BCUT2D eigenvalue weighted by molar-refractivity contribution is 6.99. The summed E-state index contributed by atoms with van der Waals surface area (Å²) >= 11 is 0. The standard InChI is InChI=1S/C48H31BN4O/c1-4-17-34(18-5-1)52(35-19-6-2-7-20-35)44-30-28-39-47(51-44)53(36-21-8-3-9-22-36)42-25-14-26-43-46(42)49(39)40-27-29-41(50-48(40)54-43)45-37-23-12-10-15-32(37)31-33-16-11-13-24-38(33)45/h1-31H. The van der Waals surface area contributed by atoms with E-state index in [1.165, 1.54) is 21.5 Å². The van der Waals surface area contributed by atoms with Gasteiger partial charge >= 0.3 is 0 Å². The highest BCUT2D eigenvalue weighted by atomic mass is 16.5. The predicted molar refractivity (Wildman–Crippen MR) is 223 cm³/mol. The minimum absolute atomic E-state index is 0.135. The van der Waals surface area contributed by atoms with E-state index in [0.29, 0.717) is 5.88 Å². The van der Waals surface area contributed by atoms with Crippen molar-refractivity contribution in [1.29, 1.82) is 0 Å². The van der Waals surface area contributed by atoms with E-state index in [1.807, 2.05) is 12.1 Å². The van der Waals surface area contributed by atoms with Crippen LogP contribution in [0.2, 0.25) is 0 Å². The van der Waals surface area contributed by atoms with Crippen LogP contribution in [-0.4, -0.2) is 16.7 Å². The van der Waals surface area contributed by atoms with E-state index in [9.17, 15) is 0 Å². The summed E-state index contributed by atoms with van der Waals surface area (Å²) in [6, 6.07) is 65.8. The number of anilines is 6. The van der Waals surface area contributed by atoms with Crippen LogP contribution in [0.15, 0.2) is 188 Å². The van der Waals surface area contributed by atoms with Crippen LogP contribution in [-0.2, 0) is 0 Å². The average molecular weight is 691 g/mol. The number of hydrogen-bond acceptors (Lipinski definition) is 5. The molecule has 0 saturated carbocycles. The Morgan fingerprint density at radius 1 is 0.519 bits per heavy atom. The number of pyridine rings is 2. The topological polar surface area (TPSA) is 41.5 Å². The first-order valence-electron chi connectivity index (χ1n) is 18.3. The predicted octanol–water partition coefficient (Wildman–Crippen LogP) is 10.3. The Hall–Kier alpha value is -7.18. The maximum absolute atomic E-state index is 6.82. The molecule has 6 heteroatoms. The van der Waals surface area contributed by atoms with Crippen molar-refractivity contribution in [3.05, 3.63) is 188 Å². The van der Waals surface area contributed by atoms with E-state index >= 15 is 0 Å². The minimum atomic E-state index is -0.135. The molecule has 7 aromatic carbocycles. The van der Waals surface area contributed by atoms with Crippen LogP contribution in [0.3, 0.4) is 0 Å². The van der Waals surface area contributed by atoms with Gasteiger partial charge in [0.15, 0.2) is 0 Å². The molecule has 0 aliphatic carbocycles. The third kappa shape index (κ3) is 4.74. The molecule has 9 aromatic rings. The third-order valence-electron chi connectivity index (χ3n) is 10.7. The van der Waals surface area contributed by atoms with Crippen LogP contribution in [0.4, 0.5) is 34.4 Å². The van der Waals surface area contributed by atoms with Gasteiger partial charge in [0, 0.05) is 28.3 Å². The van der Waals surface area contributed by atoms with Crippen molar-refractivity contribution in [2.24, 2.45) is 0 Å². The average Bonchev–Trinajstić information content (AvgIpc) is 3.23. The molecule has 0 saturated heterocycles. The normalized spacial score (nSPS) is 12.5. The summed E-state index contributed by atoms with van der Waals surface area (Å²) in [5, 5.41) is 4.71. The van der Waals surface area contributed by atoms with Gasteiger partial charge in [0.25, 0.3) is 6.71 Å². The fourth-order valence-electron chi connectivity index (χ4n) is 8.37. The lowest BCUT2D eigenvalue weighted by Crippen LogP contribution is -2.60. The van der Waals surface area contributed by atoms with Crippen molar-refractivity contribution in [2.45, 2.75) is 0 Å². The Balaban J connectivity index is 1.13. The molecule has 2 aliphatic rings. The first kappa shape index (κ1) is 30.5. The van der Waals surface area contributed by atoms with Gasteiger partial charge in [-0.2, -0.15) is 0 Å². The molecular weight excluding hydrogens is 659 g/mol. The molecule has 252 valence electrons. The smallest absolute Gasteiger partial charge is 0.260 e. The van der Waals surface area contributed by atoms with Crippen molar-refractivity contribution in [1.82, 2.24) is 9.97 Å². The lowest BCUT2D eigenvalue weighted by molar-refractivity contribution is 0.468. The Kier molecular flexibility index (Phi) is 6.89. The molecular formula is C48H31BN4O. The van der Waals surface area contributed by atoms with Crippen LogP contribution in [0.1, 0.15) is 0 Å². The molecule has 0 atom stereocenters. The number of ether oxygens (including phenoxy) is 1. The van der Waals surface area contributed by atoms with Gasteiger partial charge < -0.3 is 4.74 Å². The van der Waals surface area contributed by atoms with Crippen LogP contribution in [0, 0.1) is 0 Å². The number of rotatable bonds is 5. The van der Waals surface area contributed by atoms with Crippen molar-refractivity contribution >= 4 is 79.0 Å². The van der Waals surface area contributed by atoms with Crippen molar-refractivity contribution in [3.8, 4) is 22.9 Å². The largest absolute Gasteiger partial charge is 0.440 e. The summed E-state index contributed by atoms with van der Waals surface area (Å²) in [6.45, 7) is -0.135. The van der Waals surface area contributed by atoms with E-state index in [-0.39, 0.29) is 6.71 Å². The minimum Gasteiger partial charge on any atom is -0.440 e. The molecule has 5 nitrogen and oxygen atoms in total. The molecule has 0 bridgehead atoms. The van der Waals surface area contributed by atoms with E-state index in [2.05, 4.69) is 186 Å². The molecule has 2 aliphatic heterocycles. The molecule has 0 N–H and O–H groups in total. The van der Waals surface area contributed by atoms with Gasteiger partial charge in [-0.05, 0) is 105 Å². The second-order valence-corrected chi connectivity index (χ2v) is 13.8. The number of aromatic nitrogens is 2. The number of benzene rings is 7. The second kappa shape index (κ2) is 12.2. The van der Waals surface area contributed by atoms with E-state index in [1.54, 1.807) is 0 Å². The van der Waals surface area contributed by atoms with Gasteiger partial charge in [-0.3, -0.25) is 9.80 Å². The van der Waals surface area contributed by atoms with Gasteiger partial charge in [-0.25, -0.2) is 9.97 Å². The Bertz CT molecular complexity index is 2790. The van der Waals surface area contributed by atoms with Gasteiger partial charge in [0.2, 0.25) is 5.88 Å². The molecule has 54 heavy (non-hydrogen) atoms. The third-order valence-corrected chi connectivity index (χ3v) is 10.7. The first-order chi connectivity index (χ1) is 26.8. The maximum Gasteiger partial charge on any atom is 0.260 e. The van der Waals surface area contributed by atoms with E-state index < -0.39 is 0 Å². The van der Waals surface area contributed by atoms with Crippen LogP contribution in [0.5, 0.6) is 11.6 Å². The molecule has 2 aromatic heterocycles. The molecule has 4 heterocycles. The van der Waals surface area contributed by atoms with E-state index in [0.717, 1.165) is 67.8 Å². The first-order valence-corrected chi connectivity index (χ1v) is 18.3. The van der Waals surface area contributed by atoms with Crippen molar-refractivity contribution in [3.63, 3.8) is 0 Å². The zero-order valence-electron chi connectivity index (χ0n) is 29.2. The highest BCUT2D eigenvalue weighted by Crippen LogP contribution is 2.43. The molecule has 0 amide bonds. The fraction of sp³-hybridized carbons (Fsp3) is 0. The van der Waals surface area contributed by atoms with Crippen LogP contribution in [0.25, 0.3) is 32.8 Å². The van der Waals surface area contributed by atoms with Gasteiger partial charge in [-0.1, -0.05) is 121 Å². The summed E-state index contributed by atoms with van der Waals surface area (Å²) in [6.07, 6.45) is 0. The lowest BCUT2D eigenvalue weighted by Gasteiger charge is -2.39. The molecule has 0 fully saturated rings. The lowest BCUT2D eigenvalue weighted by atomic mass is 9.34. The zero-order chi connectivity index (χ0) is 35.6. The van der Waals surface area contributed by atoms with Crippen molar-refractivity contribution in [2.75, 3.05) is 9.80 Å². The van der Waals surface area contributed by atoms with Crippen molar-refractivity contribution < 1.29 is 4.74 Å². The number of hydrogen-bond donors (Lipinski definition) is 0. The SMILES string of the molecule is c1ccc(N(c2ccccc2)c2ccc3c(n2)N(c2ccccc2)c2cccc4c2B3c2ccc(-c3c5ccccc5cc5ccccc35)nc2O4)cc1. The summed E-state index contributed by atoms with van der Waals surface area (Å²) < 4.78 is 6.82. The second-order valence-electron chi connectivity index (χ2n) is 13.8. The van der Waals surface area contributed by atoms with Gasteiger partial charge in [-0.15, -0.1) is 0 Å². The maximum atomic E-state index is 6.82. The van der Waals surface area contributed by atoms with Gasteiger partial charge in [0.05, 0.1) is 5.69 Å². The zero-order valence-corrected chi connectivity index (χ0v) is 29.2. The molecule has 0 spiro atoms. The quantitative estimate of drug-likeness (QED) is 0.133. The number of nitrogens with zero attached hydrogens (tertiary/aromatic N) is 4. The molecule has 11 rings (SSSR count). The van der Waals surface area contributed by atoms with E-state index in [4.69, 9.17) is 14.7 Å². The number of fused-ring (bicyclic) bond motifs is 6. The fourth-order valence-corrected chi connectivity index (χ4v) is 8.37. The van der Waals surface area contributed by atoms with Crippen LogP contribution >= 0.6 is 0 Å². The summed E-state index contributed by atoms with van der Waals surface area (Å²) in [4.78, 5) is 15.4. The highest BCUT2D eigenvalue weighted by Gasteiger charge is 2.43. The Labute approximate surface area is 313 Å². The Morgan fingerprint density at radius 3 is 1.81 bits per heavy atom.